The monoisotopic (exact) mass is 463 g/mol. The summed E-state index contributed by atoms with van der Waals surface area (Å²) in [7, 11) is 1.57. The van der Waals surface area contributed by atoms with Gasteiger partial charge in [0.1, 0.15) is 11.5 Å². The van der Waals surface area contributed by atoms with E-state index in [9.17, 15) is 14.7 Å². The summed E-state index contributed by atoms with van der Waals surface area (Å²) in [5.41, 5.74) is 1.77. The minimum atomic E-state index is -0.773. The summed E-state index contributed by atoms with van der Waals surface area (Å²) in [5.74, 6) is -0.961. The van der Waals surface area contributed by atoms with E-state index in [2.05, 4.69) is 15.9 Å². The molecule has 1 aliphatic rings. The van der Waals surface area contributed by atoms with E-state index in [-0.39, 0.29) is 11.3 Å². The molecule has 0 unspecified atom stereocenters. The minimum Gasteiger partial charge on any atom is -0.507 e. The fraction of sp³-hybridized carbons (Fsp3) is 0.0833. The van der Waals surface area contributed by atoms with E-state index in [4.69, 9.17) is 4.74 Å². The van der Waals surface area contributed by atoms with Crippen LogP contribution in [0.25, 0.3) is 5.76 Å². The molecule has 1 fully saturated rings. The molecule has 0 bridgehead atoms. The van der Waals surface area contributed by atoms with E-state index in [0.717, 1.165) is 4.47 Å². The second-order valence-corrected chi connectivity index (χ2v) is 7.70. The molecule has 1 amide bonds. The van der Waals surface area contributed by atoms with Crippen molar-refractivity contribution in [2.75, 3.05) is 12.0 Å². The van der Waals surface area contributed by atoms with E-state index in [1.54, 1.807) is 73.8 Å². The Morgan fingerprint density at radius 3 is 2.30 bits per heavy atom. The van der Waals surface area contributed by atoms with Gasteiger partial charge in [0.25, 0.3) is 11.7 Å². The van der Waals surface area contributed by atoms with Gasteiger partial charge in [0.05, 0.1) is 18.7 Å². The molecule has 3 aromatic rings. The zero-order chi connectivity index (χ0) is 21.3. The zero-order valence-electron chi connectivity index (χ0n) is 16.1. The molecule has 150 valence electrons. The lowest BCUT2D eigenvalue weighted by Gasteiger charge is -2.25. The summed E-state index contributed by atoms with van der Waals surface area (Å²) < 4.78 is 6.01. The first-order valence-corrected chi connectivity index (χ1v) is 10.1. The van der Waals surface area contributed by atoms with Crippen molar-refractivity contribution in [3.05, 3.63) is 100 Å². The third-order valence-corrected chi connectivity index (χ3v) is 5.50. The number of rotatable bonds is 4. The second kappa shape index (κ2) is 8.16. The van der Waals surface area contributed by atoms with Crippen molar-refractivity contribution >= 4 is 39.1 Å². The highest BCUT2D eigenvalue weighted by molar-refractivity contribution is 9.10. The van der Waals surface area contributed by atoms with Crippen molar-refractivity contribution < 1.29 is 19.4 Å². The number of amides is 1. The highest BCUT2D eigenvalue weighted by Crippen LogP contribution is 2.42. The highest BCUT2D eigenvalue weighted by Gasteiger charge is 2.47. The van der Waals surface area contributed by atoms with Gasteiger partial charge < -0.3 is 9.84 Å². The van der Waals surface area contributed by atoms with Crippen molar-refractivity contribution in [1.29, 1.82) is 0 Å². The van der Waals surface area contributed by atoms with Crippen LogP contribution >= 0.6 is 15.9 Å². The third-order valence-electron chi connectivity index (χ3n) is 5.01. The lowest BCUT2D eigenvalue weighted by Crippen LogP contribution is -2.29. The van der Waals surface area contributed by atoms with Crippen molar-refractivity contribution in [3.8, 4) is 5.75 Å². The highest BCUT2D eigenvalue weighted by atomic mass is 79.9. The Balaban J connectivity index is 1.94. The number of carbonyl (C=O) groups excluding carboxylic acids is 2. The SMILES string of the molecule is COc1ccc([C@H]2/C(=C(\O)c3ccccc3)C(=O)C(=O)N2c2cccc(Br)c2)cc1. The number of methoxy groups -OCH3 is 1. The number of Topliss-reactive ketones (excluding diaryl/α,β-unsaturated/α-hetero) is 1. The molecule has 1 saturated heterocycles. The molecule has 1 atom stereocenters. The topological polar surface area (TPSA) is 66.8 Å². The molecule has 0 radical (unpaired) electrons. The molecule has 0 aromatic heterocycles. The smallest absolute Gasteiger partial charge is 0.300 e. The van der Waals surface area contributed by atoms with E-state index >= 15 is 0 Å². The molecule has 5 nitrogen and oxygen atoms in total. The molecule has 1 aliphatic heterocycles. The maximum Gasteiger partial charge on any atom is 0.300 e. The molecule has 30 heavy (non-hydrogen) atoms. The predicted octanol–water partition coefficient (Wildman–Crippen LogP) is 5.08. The fourth-order valence-corrected chi connectivity index (χ4v) is 3.97. The first-order chi connectivity index (χ1) is 14.5. The van der Waals surface area contributed by atoms with Crippen LogP contribution in [0.15, 0.2) is 88.9 Å². The number of nitrogens with zero attached hydrogens (tertiary/aromatic N) is 1. The summed E-state index contributed by atoms with van der Waals surface area (Å²) >= 11 is 3.42. The van der Waals surface area contributed by atoms with Crippen LogP contribution in [-0.2, 0) is 9.59 Å². The van der Waals surface area contributed by atoms with Gasteiger partial charge in [-0.3, -0.25) is 14.5 Å². The van der Waals surface area contributed by atoms with Crippen molar-refractivity contribution in [3.63, 3.8) is 0 Å². The van der Waals surface area contributed by atoms with Gasteiger partial charge in [-0.05, 0) is 35.9 Å². The second-order valence-electron chi connectivity index (χ2n) is 6.79. The Morgan fingerprint density at radius 2 is 1.67 bits per heavy atom. The van der Waals surface area contributed by atoms with Crippen LogP contribution in [0.2, 0.25) is 0 Å². The van der Waals surface area contributed by atoms with Gasteiger partial charge in [-0.15, -0.1) is 0 Å². The number of aliphatic hydroxyl groups is 1. The number of anilines is 1. The number of halogens is 1. The van der Waals surface area contributed by atoms with Gasteiger partial charge in [-0.25, -0.2) is 0 Å². The average Bonchev–Trinajstić information content (AvgIpc) is 3.04. The minimum absolute atomic E-state index is 0.0522. The van der Waals surface area contributed by atoms with Gasteiger partial charge in [0.2, 0.25) is 0 Å². The summed E-state index contributed by atoms with van der Waals surface area (Å²) in [6.07, 6.45) is 0. The summed E-state index contributed by atoms with van der Waals surface area (Å²) in [6, 6.07) is 22.2. The quantitative estimate of drug-likeness (QED) is 0.332. The first-order valence-electron chi connectivity index (χ1n) is 9.27. The summed E-state index contributed by atoms with van der Waals surface area (Å²) in [5, 5.41) is 11.0. The Kier molecular flexibility index (Phi) is 5.42. The lowest BCUT2D eigenvalue weighted by atomic mass is 9.95. The summed E-state index contributed by atoms with van der Waals surface area (Å²) in [4.78, 5) is 27.5. The van der Waals surface area contributed by atoms with E-state index in [0.29, 0.717) is 22.6 Å². The molecule has 4 rings (SSSR count). The maximum absolute atomic E-state index is 13.1. The first kappa shape index (κ1) is 19.9. The van der Waals surface area contributed by atoms with Crippen molar-refractivity contribution in [2.45, 2.75) is 6.04 Å². The summed E-state index contributed by atoms with van der Waals surface area (Å²) in [6.45, 7) is 0. The van der Waals surface area contributed by atoms with E-state index in [1.807, 2.05) is 12.1 Å². The molecule has 0 saturated carbocycles. The molecule has 3 aromatic carbocycles. The molecule has 1 heterocycles. The van der Waals surface area contributed by atoms with E-state index in [1.165, 1.54) is 4.90 Å². The number of benzene rings is 3. The number of hydrogen-bond acceptors (Lipinski definition) is 4. The van der Waals surface area contributed by atoms with Crippen LogP contribution < -0.4 is 9.64 Å². The predicted molar refractivity (Wildman–Crippen MR) is 118 cm³/mol. The van der Waals surface area contributed by atoms with Crippen LogP contribution in [0.3, 0.4) is 0 Å². The Labute approximate surface area is 182 Å². The van der Waals surface area contributed by atoms with Crippen molar-refractivity contribution in [1.82, 2.24) is 0 Å². The lowest BCUT2D eigenvalue weighted by molar-refractivity contribution is -0.132. The molecule has 6 heteroatoms. The van der Waals surface area contributed by atoms with E-state index < -0.39 is 17.7 Å². The number of ketones is 1. The molecular formula is C24H18BrNO4. The Morgan fingerprint density at radius 1 is 0.967 bits per heavy atom. The van der Waals surface area contributed by atoms with Gasteiger partial charge in [0.15, 0.2) is 0 Å². The van der Waals surface area contributed by atoms with Gasteiger partial charge in [-0.1, -0.05) is 64.5 Å². The molecule has 1 N–H and O–H groups in total. The van der Waals surface area contributed by atoms with Gasteiger partial charge >= 0.3 is 0 Å². The number of ether oxygens (including phenoxy) is 1. The standard InChI is InChI=1S/C24H18BrNO4/c1-30-19-12-10-15(11-13-19)21-20(22(27)16-6-3-2-4-7-16)23(28)24(29)26(21)18-9-5-8-17(25)14-18/h2-14,21,27H,1H3/b22-20+/t21-/m0/s1. The van der Waals surface area contributed by atoms with Crippen molar-refractivity contribution in [2.24, 2.45) is 0 Å². The number of aliphatic hydroxyl groups excluding tert-OH is 1. The molecule has 0 spiro atoms. The Hall–Kier alpha value is -3.38. The largest absolute Gasteiger partial charge is 0.507 e. The third kappa shape index (κ3) is 3.50. The van der Waals surface area contributed by atoms with Crippen LogP contribution in [0.5, 0.6) is 5.75 Å². The average molecular weight is 464 g/mol. The zero-order valence-corrected chi connectivity index (χ0v) is 17.7. The van der Waals surface area contributed by atoms with Gasteiger partial charge in [-0.2, -0.15) is 0 Å². The fourth-order valence-electron chi connectivity index (χ4n) is 3.58. The van der Waals surface area contributed by atoms with Gasteiger partial charge in [0, 0.05) is 15.7 Å². The maximum atomic E-state index is 13.1. The molecular weight excluding hydrogens is 446 g/mol. The van der Waals surface area contributed by atoms with Crippen LogP contribution in [0, 0.1) is 0 Å². The molecule has 0 aliphatic carbocycles. The number of hydrogen-bond donors (Lipinski definition) is 1. The van der Waals surface area contributed by atoms with Crippen LogP contribution in [0.4, 0.5) is 5.69 Å². The Bertz CT molecular complexity index is 1140. The normalized spacial score (nSPS) is 17.9. The number of carbonyl (C=O) groups is 2. The van der Waals surface area contributed by atoms with Crippen LogP contribution in [0.1, 0.15) is 17.2 Å². The van der Waals surface area contributed by atoms with Crippen LogP contribution in [-0.4, -0.2) is 23.9 Å².